The molecule has 1 atom stereocenters. The molecule has 1 aromatic carbocycles. The van der Waals surface area contributed by atoms with Gasteiger partial charge in [-0.15, -0.1) is 0 Å². The van der Waals surface area contributed by atoms with Crippen molar-refractivity contribution in [3.05, 3.63) is 23.8 Å². The van der Waals surface area contributed by atoms with Gasteiger partial charge in [-0.05, 0) is 19.9 Å². The number of amides is 2. The van der Waals surface area contributed by atoms with E-state index in [0.29, 0.717) is 44.2 Å². The Kier molecular flexibility index (Phi) is 7.26. The summed E-state index contributed by atoms with van der Waals surface area (Å²) in [6, 6.07) is 5.22. The molecule has 0 aliphatic carbocycles. The average molecular weight is 363 g/mol. The predicted molar refractivity (Wildman–Crippen MR) is 99.3 cm³/mol. The van der Waals surface area contributed by atoms with Crippen molar-refractivity contribution in [2.24, 2.45) is 0 Å². The average Bonchev–Trinajstić information content (AvgIpc) is 2.65. The highest BCUT2D eigenvalue weighted by atomic mass is 16.5. The first-order chi connectivity index (χ1) is 12.5. The van der Waals surface area contributed by atoms with Crippen LogP contribution >= 0.6 is 0 Å². The van der Waals surface area contributed by atoms with Crippen LogP contribution in [0.2, 0.25) is 0 Å². The Morgan fingerprint density at radius 3 is 2.62 bits per heavy atom. The summed E-state index contributed by atoms with van der Waals surface area (Å²) < 4.78 is 10.9. The highest BCUT2D eigenvalue weighted by molar-refractivity contribution is 5.88. The fraction of sp³-hybridized carbons (Fsp3) is 0.579. The highest BCUT2D eigenvalue weighted by Gasteiger charge is 2.33. The van der Waals surface area contributed by atoms with E-state index in [1.165, 1.54) is 0 Å². The molecule has 1 heterocycles. The van der Waals surface area contributed by atoms with Gasteiger partial charge in [0.1, 0.15) is 0 Å². The maximum Gasteiger partial charge on any atom is 0.237 e. The van der Waals surface area contributed by atoms with Crippen LogP contribution in [0, 0.1) is 0 Å². The number of nitrogens with one attached hydrogen (secondary N) is 1. The van der Waals surface area contributed by atoms with Crippen molar-refractivity contribution >= 4 is 11.8 Å². The van der Waals surface area contributed by atoms with Crippen LogP contribution < -0.4 is 14.8 Å². The van der Waals surface area contributed by atoms with E-state index in [9.17, 15) is 9.59 Å². The van der Waals surface area contributed by atoms with Gasteiger partial charge in [-0.1, -0.05) is 12.1 Å². The van der Waals surface area contributed by atoms with E-state index in [4.69, 9.17) is 9.47 Å². The largest absolute Gasteiger partial charge is 0.493 e. The third kappa shape index (κ3) is 4.46. The van der Waals surface area contributed by atoms with Crippen LogP contribution in [0.15, 0.2) is 18.2 Å². The standard InChI is InChI=1S/C19H29N3O4/c1-5-21(6-2)17(23)12-15-19(24)20-10-11-22(15)13-14-8-7-9-16(25-3)18(14)26-4/h7-9,15H,5-6,10-13H2,1-4H3,(H,20,24)/t15-/m1/s1. The monoisotopic (exact) mass is 363 g/mol. The molecule has 1 aliphatic heterocycles. The van der Waals surface area contributed by atoms with Crippen LogP contribution in [0.1, 0.15) is 25.8 Å². The molecule has 1 saturated heterocycles. The highest BCUT2D eigenvalue weighted by Crippen LogP contribution is 2.32. The van der Waals surface area contributed by atoms with Crippen LogP contribution in [0.3, 0.4) is 0 Å². The zero-order valence-electron chi connectivity index (χ0n) is 16.1. The molecule has 0 unspecified atom stereocenters. The lowest BCUT2D eigenvalue weighted by Crippen LogP contribution is -2.56. The van der Waals surface area contributed by atoms with Gasteiger partial charge in [-0.25, -0.2) is 0 Å². The van der Waals surface area contributed by atoms with Crippen molar-refractivity contribution in [2.45, 2.75) is 32.9 Å². The van der Waals surface area contributed by atoms with Crippen molar-refractivity contribution in [3.8, 4) is 11.5 Å². The summed E-state index contributed by atoms with van der Waals surface area (Å²) in [6.07, 6.45) is 0.180. The molecule has 7 nitrogen and oxygen atoms in total. The number of hydrogen-bond donors (Lipinski definition) is 1. The number of methoxy groups -OCH3 is 2. The summed E-state index contributed by atoms with van der Waals surface area (Å²) in [7, 11) is 3.20. The Bertz CT molecular complexity index is 631. The second-order valence-corrected chi connectivity index (χ2v) is 6.20. The Balaban J connectivity index is 2.20. The number of para-hydroxylation sites is 1. The molecule has 0 radical (unpaired) electrons. The van der Waals surface area contributed by atoms with Gasteiger partial charge < -0.3 is 19.7 Å². The molecule has 1 fully saturated rings. The third-order valence-corrected chi connectivity index (χ3v) is 4.78. The molecule has 144 valence electrons. The van der Waals surface area contributed by atoms with Crippen molar-refractivity contribution in [2.75, 3.05) is 40.4 Å². The van der Waals surface area contributed by atoms with Gasteiger partial charge in [0.15, 0.2) is 11.5 Å². The fourth-order valence-electron chi connectivity index (χ4n) is 3.34. The number of hydrogen-bond acceptors (Lipinski definition) is 5. The minimum absolute atomic E-state index is 0.000317. The predicted octanol–water partition coefficient (Wildman–Crippen LogP) is 1.26. The first-order valence-corrected chi connectivity index (χ1v) is 9.05. The van der Waals surface area contributed by atoms with Crippen LogP contribution in [-0.2, 0) is 16.1 Å². The van der Waals surface area contributed by atoms with E-state index in [0.717, 1.165) is 5.56 Å². The number of nitrogens with zero attached hydrogens (tertiary/aromatic N) is 2. The number of carbonyl (C=O) groups excluding carboxylic acids is 2. The normalized spacial score (nSPS) is 17.5. The number of benzene rings is 1. The van der Waals surface area contributed by atoms with E-state index in [1.807, 2.05) is 36.9 Å². The van der Waals surface area contributed by atoms with Crippen molar-refractivity contribution < 1.29 is 19.1 Å². The van der Waals surface area contributed by atoms with Crippen molar-refractivity contribution in [3.63, 3.8) is 0 Å². The van der Waals surface area contributed by atoms with Gasteiger partial charge in [-0.3, -0.25) is 14.5 Å². The molecule has 1 aromatic rings. The number of piperazine rings is 1. The molecule has 2 rings (SSSR count). The zero-order valence-corrected chi connectivity index (χ0v) is 16.1. The van der Waals surface area contributed by atoms with Gasteiger partial charge in [-0.2, -0.15) is 0 Å². The Morgan fingerprint density at radius 1 is 1.27 bits per heavy atom. The second kappa shape index (κ2) is 9.43. The fourth-order valence-corrected chi connectivity index (χ4v) is 3.34. The number of ether oxygens (including phenoxy) is 2. The Labute approximate surface area is 155 Å². The smallest absolute Gasteiger partial charge is 0.237 e. The van der Waals surface area contributed by atoms with Crippen LogP contribution in [0.25, 0.3) is 0 Å². The lowest BCUT2D eigenvalue weighted by atomic mass is 10.1. The second-order valence-electron chi connectivity index (χ2n) is 6.20. The minimum Gasteiger partial charge on any atom is -0.493 e. The van der Waals surface area contributed by atoms with E-state index >= 15 is 0 Å². The molecule has 26 heavy (non-hydrogen) atoms. The van der Waals surface area contributed by atoms with Gasteiger partial charge in [0.25, 0.3) is 0 Å². The topological polar surface area (TPSA) is 71.1 Å². The van der Waals surface area contributed by atoms with E-state index in [1.54, 1.807) is 19.1 Å². The van der Waals surface area contributed by atoms with E-state index in [2.05, 4.69) is 5.32 Å². The number of carbonyl (C=O) groups is 2. The van der Waals surface area contributed by atoms with E-state index < -0.39 is 6.04 Å². The first-order valence-electron chi connectivity index (χ1n) is 9.05. The molecular formula is C19H29N3O4. The van der Waals surface area contributed by atoms with E-state index in [-0.39, 0.29) is 18.2 Å². The minimum atomic E-state index is -0.479. The van der Waals surface area contributed by atoms with Crippen molar-refractivity contribution in [1.82, 2.24) is 15.1 Å². The summed E-state index contributed by atoms with van der Waals surface area (Å²) in [4.78, 5) is 28.7. The lowest BCUT2D eigenvalue weighted by Gasteiger charge is -2.36. The van der Waals surface area contributed by atoms with Crippen molar-refractivity contribution in [1.29, 1.82) is 0 Å². The Hall–Kier alpha value is -2.28. The quantitative estimate of drug-likeness (QED) is 0.753. The van der Waals surface area contributed by atoms with Crippen LogP contribution in [0.5, 0.6) is 11.5 Å². The summed E-state index contributed by atoms with van der Waals surface area (Å²) in [6.45, 7) is 6.95. The molecule has 7 heteroatoms. The Morgan fingerprint density at radius 2 is 2.00 bits per heavy atom. The molecule has 0 spiro atoms. The molecule has 0 aromatic heterocycles. The summed E-state index contributed by atoms with van der Waals surface area (Å²) in [5, 5.41) is 2.87. The van der Waals surface area contributed by atoms with Gasteiger partial charge in [0, 0.05) is 38.3 Å². The van der Waals surface area contributed by atoms with Crippen LogP contribution in [0.4, 0.5) is 0 Å². The summed E-state index contributed by atoms with van der Waals surface area (Å²) in [5.41, 5.74) is 0.932. The maximum absolute atomic E-state index is 12.5. The summed E-state index contributed by atoms with van der Waals surface area (Å²) in [5.74, 6) is 1.22. The van der Waals surface area contributed by atoms with Gasteiger partial charge in [0.2, 0.25) is 11.8 Å². The molecule has 0 saturated carbocycles. The lowest BCUT2D eigenvalue weighted by molar-refractivity contribution is -0.138. The number of rotatable bonds is 8. The molecular weight excluding hydrogens is 334 g/mol. The molecule has 1 N–H and O–H groups in total. The van der Waals surface area contributed by atoms with Gasteiger partial charge in [0.05, 0.1) is 26.7 Å². The zero-order chi connectivity index (χ0) is 19.1. The molecule has 0 bridgehead atoms. The SMILES string of the molecule is CCN(CC)C(=O)C[C@@H]1C(=O)NCCN1Cc1cccc(OC)c1OC. The third-order valence-electron chi connectivity index (χ3n) is 4.78. The van der Waals surface area contributed by atoms with Crippen LogP contribution in [-0.4, -0.2) is 68.1 Å². The maximum atomic E-state index is 12.5. The first kappa shape index (κ1) is 20.0. The summed E-state index contributed by atoms with van der Waals surface area (Å²) >= 11 is 0. The van der Waals surface area contributed by atoms with Gasteiger partial charge >= 0.3 is 0 Å². The molecule has 1 aliphatic rings. The molecule has 2 amide bonds.